The standard InChI is InChI=1S/C28H39N3O4/c1-8-9-18-31(26(33)21(4)29-27(34)35-28(5,6)7)24(22-16-14-19(2)15-17-22)25(32)30-23-13-11-10-12-20(23)3/h10-17,21,24H,8-9,18H2,1-7H3,(H,29,34)(H,30,32). The van der Waals surface area contributed by atoms with E-state index >= 15 is 0 Å². The van der Waals surface area contributed by atoms with Crippen molar-refractivity contribution < 1.29 is 19.1 Å². The normalized spacial score (nSPS) is 12.9. The molecule has 2 aromatic rings. The molecule has 0 spiro atoms. The van der Waals surface area contributed by atoms with Crippen molar-refractivity contribution in [1.82, 2.24) is 10.2 Å². The van der Waals surface area contributed by atoms with Crippen molar-refractivity contribution in [1.29, 1.82) is 0 Å². The van der Waals surface area contributed by atoms with Gasteiger partial charge in [0.1, 0.15) is 17.7 Å². The van der Waals surface area contributed by atoms with Crippen LogP contribution in [0.25, 0.3) is 0 Å². The molecule has 2 unspecified atom stereocenters. The highest BCUT2D eigenvalue weighted by molar-refractivity contribution is 5.99. The fourth-order valence-electron chi connectivity index (χ4n) is 3.63. The molecule has 0 aliphatic rings. The summed E-state index contributed by atoms with van der Waals surface area (Å²) in [5.41, 5.74) is 2.69. The van der Waals surface area contributed by atoms with Gasteiger partial charge in [0.05, 0.1) is 0 Å². The average Bonchev–Trinajstić information content (AvgIpc) is 2.77. The number of carbonyl (C=O) groups is 3. The molecular formula is C28H39N3O4. The van der Waals surface area contributed by atoms with Crippen LogP contribution in [0.1, 0.15) is 70.2 Å². The number of aryl methyl sites for hydroxylation is 2. The lowest BCUT2D eigenvalue weighted by Crippen LogP contribution is -2.51. The number of rotatable bonds is 9. The lowest BCUT2D eigenvalue weighted by Gasteiger charge is -2.34. The first-order chi connectivity index (χ1) is 16.4. The van der Waals surface area contributed by atoms with Gasteiger partial charge in [0.15, 0.2) is 0 Å². The van der Waals surface area contributed by atoms with Crippen molar-refractivity contribution in [3.63, 3.8) is 0 Å². The van der Waals surface area contributed by atoms with Gasteiger partial charge in [0.25, 0.3) is 5.91 Å². The molecule has 2 atom stereocenters. The molecule has 0 heterocycles. The smallest absolute Gasteiger partial charge is 0.408 e. The molecule has 0 saturated heterocycles. The van der Waals surface area contributed by atoms with Crippen LogP contribution in [0.15, 0.2) is 48.5 Å². The Balaban J connectivity index is 2.41. The highest BCUT2D eigenvalue weighted by Gasteiger charge is 2.34. The van der Waals surface area contributed by atoms with Crippen LogP contribution in [0.3, 0.4) is 0 Å². The molecule has 7 heteroatoms. The van der Waals surface area contributed by atoms with Crippen LogP contribution < -0.4 is 10.6 Å². The molecule has 2 aromatic carbocycles. The number of carbonyl (C=O) groups excluding carboxylic acids is 3. The summed E-state index contributed by atoms with van der Waals surface area (Å²) in [5.74, 6) is -0.660. The lowest BCUT2D eigenvalue weighted by molar-refractivity contribution is -0.140. The summed E-state index contributed by atoms with van der Waals surface area (Å²) in [7, 11) is 0. The number of hydrogen-bond donors (Lipinski definition) is 2. The predicted molar refractivity (Wildman–Crippen MR) is 139 cm³/mol. The first-order valence-electron chi connectivity index (χ1n) is 12.2. The third-order valence-corrected chi connectivity index (χ3v) is 5.50. The number of nitrogens with zero attached hydrogens (tertiary/aromatic N) is 1. The van der Waals surface area contributed by atoms with Crippen LogP contribution in [0.5, 0.6) is 0 Å². The zero-order chi connectivity index (χ0) is 26.2. The number of alkyl carbamates (subject to hydrolysis) is 1. The van der Waals surface area contributed by atoms with Gasteiger partial charge in [0, 0.05) is 12.2 Å². The van der Waals surface area contributed by atoms with E-state index in [0.29, 0.717) is 24.2 Å². The Labute approximate surface area is 209 Å². The van der Waals surface area contributed by atoms with E-state index in [1.54, 1.807) is 32.6 Å². The average molecular weight is 482 g/mol. The zero-order valence-corrected chi connectivity index (χ0v) is 22.0. The highest BCUT2D eigenvalue weighted by Crippen LogP contribution is 2.26. The summed E-state index contributed by atoms with van der Waals surface area (Å²) in [6.45, 7) is 13.2. The summed E-state index contributed by atoms with van der Waals surface area (Å²) < 4.78 is 5.32. The van der Waals surface area contributed by atoms with Gasteiger partial charge in [-0.2, -0.15) is 0 Å². The van der Waals surface area contributed by atoms with Gasteiger partial charge < -0.3 is 20.3 Å². The van der Waals surface area contributed by atoms with Gasteiger partial charge >= 0.3 is 6.09 Å². The minimum atomic E-state index is -0.874. The highest BCUT2D eigenvalue weighted by atomic mass is 16.6. The van der Waals surface area contributed by atoms with Crippen molar-refractivity contribution in [3.8, 4) is 0 Å². The Hall–Kier alpha value is -3.35. The minimum absolute atomic E-state index is 0.308. The van der Waals surface area contributed by atoms with E-state index in [4.69, 9.17) is 4.74 Å². The van der Waals surface area contributed by atoms with E-state index in [9.17, 15) is 14.4 Å². The summed E-state index contributed by atoms with van der Waals surface area (Å²) in [5, 5.41) is 5.62. The van der Waals surface area contributed by atoms with Crippen molar-refractivity contribution in [2.75, 3.05) is 11.9 Å². The Morgan fingerprint density at radius 1 is 1.00 bits per heavy atom. The molecule has 7 nitrogen and oxygen atoms in total. The molecule has 0 aromatic heterocycles. The van der Waals surface area contributed by atoms with Crippen molar-refractivity contribution in [2.45, 2.75) is 79.0 Å². The molecule has 0 aliphatic carbocycles. The second kappa shape index (κ2) is 12.4. The molecule has 2 N–H and O–H groups in total. The first-order valence-corrected chi connectivity index (χ1v) is 12.2. The molecule has 2 rings (SSSR count). The Morgan fingerprint density at radius 3 is 2.20 bits per heavy atom. The summed E-state index contributed by atoms with van der Waals surface area (Å²) in [6.07, 6.45) is 0.882. The largest absolute Gasteiger partial charge is 0.444 e. The van der Waals surface area contributed by atoms with Gasteiger partial charge in [-0.1, -0.05) is 61.4 Å². The fourth-order valence-corrected chi connectivity index (χ4v) is 3.63. The fraction of sp³-hybridized carbons (Fsp3) is 0.464. The SMILES string of the molecule is CCCCN(C(=O)C(C)NC(=O)OC(C)(C)C)C(C(=O)Nc1ccccc1C)c1ccc(C)cc1. The van der Waals surface area contributed by atoms with Gasteiger partial charge in [-0.15, -0.1) is 0 Å². The number of anilines is 1. The Morgan fingerprint density at radius 2 is 1.63 bits per heavy atom. The molecule has 35 heavy (non-hydrogen) atoms. The van der Waals surface area contributed by atoms with Crippen LogP contribution in [0, 0.1) is 13.8 Å². The topological polar surface area (TPSA) is 87.7 Å². The van der Waals surface area contributed by atoms with Crippen molar-refractivity contribution >= 4 is 23.6 Å². The van der Waals surface area contributed by atoms with Crippen molar-refractivity contribution in [2.24, 2.45) is 0 Å². The van der Waals surface area contributed by atoms with E-state index in [0.717, 1.165) is 17.5 Å². The quantitative estimate of drug-likeness (QED) is 0.493. The minimum Gasteiger partial charge on any atom is -0.444 e. The number of amides is 3. The number of benzene rings is 2. The second-order valence-electron chi connectivity index (χ2n) is 9.87. The van der Waals surface area contributed by atoms with E-state index in [-0.39, 0.29) is 11.8 Å². The molecule has 0 bridgehead atoms. The molecule has 3 amide bonds. The Bertz CT molecular complexity index is 1010. The van der Waals surface area contributed by atoms with Gasteiger partial charge in [-0.25, -0.2) is 4.79 Å². The summed E-state index contributed by atoms with van der Waals surface area (Å²) in [4.78, 5) is 41.2. The Kier molecular flexibility index (Phi) is 9.87. The predicted octanol–water partition coefficient (Wildman–Crippen LogP) is 5.53. The van der Waals surface area contributed by atoms with Crippen LogP contribution in [-0.4, -0.2) is 41.0 Å². The molecule has 0 radical (unpaired) electrons. The maximum Gasteiger partial charge on any atom is 0.408 e. The number of para-hydroxylation sites is 1. The van der Waals surface area contributed by atoms with E-state index in [1.165, 1.54) is 0 Å². The second-order valence-corrected chi connectivity index (χ2v) is 9.87. The number of ether oxygens (including phenoxy) is 1. The first kappa shape index (κ1) is 27.9. The molecule has 190 valence electrons. The maximum atomic E-state index is 13.7. The molecular weight excluding hydrogens is 442 g/mol. The zero-order valence-electron chi connectivity index (χ0n) is 22.0. The molecule has 0 fully saturated rings. The molecule has 0 saturated carbocycles. The van der Waals surface area contributed by atoms with Crippen molar-refractivity contribution in [3.05, 3.63) is 65.2 Å². The third-order valence-electron chi connectivity index (χ3n) is 5.50. The number of unbranched alkanes of at least 4 members (excludes halogenated alkanes) is 1. The van der Waals surface area contributed by atoms with E-state index in [2.05, 4.69) is 10.6 Å². The van der Waals surface area contributed by atoms with Gasteiger partial charge in [-0.05, 0) is 65.2 Å². The monoisotopic (exact) mass is 481 g/mol. The maximum absolute atomic E-state index is 13.7. The van der Waals surface area contributed by atoms with Crippen LogP contribution >= 0.6 is 0 Å². The van der Waals surface area contributed by atoms with Crippen LogP contribution in [0.2, 0.25) is 0 Å². The van der Waals surface area contributed by atoms with Crippen LogP contribution in [-0.2, 0) is 14.3 Å². The summed E-state index contributed by atoms with van der Waals surface area (Å²) in [6, 6.07) is 13.4. The number of hydrogen-bond acceptors (Lipinski definition) is 4. The van der Waals surface area contributed by atoms with E-state index in [1.807, 2.05) is 69.3 Å². The molecule has 0 aliphatic heterocycles. The van der Waals surface area contributed by atoms with E-state index < -0.39 is 23.8 Å². The van der Waals surface area contributed by atoms with Gasteiger partial charge in [-0.3, -0.25) is 9.59 Å². The third kappa shape index (κ3) is 8.42. The summed E-state index contributed by atoms with van der Waals surface area (Å²) >= 11 is 0. The lowest BCUT2D eigenvalue weighted by atomic mass is 10.0. The number of nitrogens with one attached hydrogen (secondary N) is 2. The van der Waals surface area contributed by atoms with Gasteiger partial charge in [0.2, 0.25) is 5.91 Å². The van der Waals surface area contributed by atoms with Crippen LogP contribution in [0.4, 0.5) is 10.5 Å².